The lowest BCUT2D eigenvalue weighted by Gasteiger charge is -2.08. The van der Waals surface area contributed by atoms with Crippen LogP contribution in [0.5, 0.6) is 0 Å². The average molecular weight is 371 g/mol. The van der Waals surface area contributed by atoms with E-state index in [0.29, 0.717) is 23.3 Å². The number of methoxy groups -OCH3 is 1. The number of hydrogen-bond donors (Lipinski definition) is 1. The Hall–Kier alpha value is -2.70. The molecule has 6 nitrogen and oxygen atoms in total. The summed E-state index contributed by atoms with van der Waals surface area (Å²) in [5.74, 6) is 0.513. The largest absolute Gasteiger partial charge is 0.375 e. The molecule has 0 unspecified atom stereocenters. The molecule has 0 fully saturated rings. The smallest absolute Gasteiger partial charge is 0.276 e. The molecule has 3 aromatic rings. The molecule has 0 amide bonds. The molecule has 134 valence electrons. The second kappa shape index (κ2) is 8.12. The van der Waals surface area contributed by atoms with Crippen LogP contribution in [0.25, 0.3) is 11.4 Å². The lowest BCUT2D eigenvalue weighted by atomic mass is 10.1. The first kappa shape index (κ1) is 18.1. The third kappa shape index (κ3) is 4.09. The maximum absolute atomic E-state index is 12.3. The molecule has 0 aliphatic heterocycles. The summed E-state index contributed by atoms with van der Waals surface area (Å²) in [7, 11) is 1.46. The molecule has 1 heterocycles. The molecule has 3 rings (SSSR count). The maximum atomic E-state index is 12.3. The van der Waals surface area contributed by atoms with Crippen molar-refractivity contribution < 1.29 is 9.53 Å². The van der Waals surface area contributed by atoms with Crippen LogP contribution in [0.2, 0.25) is 5.02 Å². The van der Waals surface area contributed by atoms with E-state index in [9.17, 15) is 4.79 Å². The molecule has 2 aromatic carbocycles. The van der Waals surface area contributed by atoms with Gasteiger partial charge in [0, 0.05) is 24.2 Å². The Morgan fingerprint density at radius 2 is 1.92 bits per heavy atom. The van der Waals surface area contributed by atoms with E-state index in [0.717, 1.165) is 16.7 Å². The lowest BCUT2D eigenvalue weighted by molar-refractivity contribution is 0.0748. The van der Waals surface area contributed by atoms with Crippen molar-refractivity contribution in [3.05, 3.63) is 64.7 Å². The zero-order valence-corrected chi connectivity index (χ0v) is 15.3. The molecular formula is C19H19ClN4O2. The van der Waals surface area contributed by atoms with E-state index >= 15 is 0 Å². The fraction of sp³-hybridized carbons (Fsp3) is 0.211. The van der Waals surface area contributed by atoms with Crippen LogP contribution >= 0.6 is 11.6 Å². The van der Waals surface area contributed by atoms with Crippen LogP contribution in [0.1, 0.15) is 15.9 Å². The number of aryl methyl sites for hydroxylation is 1. The molecule has 0 aliphatic rings. The fourth-order valence-electron chi connectivity index (χ4n) is 2.43. The predicted octanol–water partition coefficient (Wildman–Crippen LogP) is 3.81. The van der Waals surface area contributed by atoms with Gasteiger partial charge in [0.05, 0.1) is 0 Å². The zero-order valence-electron chi connectivity index (χ0n) is 14.6. The molecule has 0 spiro atoms. The van der Waals surface area contributed by atoms with Crippen molar-refractivity contribution in [2.75, 3.05) is 19.0 Å². The van der Waals surface area contributed by atoms with Gasteiger partial charge < -0.3 is 10.1 Å². The molecule has 0 bridgehead atoms. The molecule has 1 aromatic heterocycles. The summed E-state index contributed by atoms with van der Waals surface area (Å²) in [6.45, 7) is 2.35. The number of benzene rings is 2. The van der Waals surface area contributed by atoms with Crippen LogP contribution in [0.4, 0.5) is 5.95 Å². The number of hydrogen-bond acceptors (Lipinski definition) is 5. The number of carbonyl (C=O) groups is 1. The number of nitrogens with one attached hydrogen (secondary N) is 1. The number of anilines is 1. The second-order valence-electron chi connectivity index (χ2n) is 5.81. The Morgan fingerprint density at radius 3 is 2.62 bits per heavy atom. The van der Waals surface area contributed by atoms with Gasteiger partial charge in [-0.15, -0.1) is 5.10 Å². The molecule has 0 aliphatic carbocycles. The first-order valence-corrected chi connectivity index (χ1v) is 8.50. The van der Waals surface area contributed by atoms with Gasteiger partial charge in [-0.1, -0.05) is 59.6 Å². The van der Waals surface area contributed by atoms with Crippen LogP contribution in [-0.4, -0.2) is 34.4 Å². The number of ether oxygens (including phenoxy) is 1. The van der Waals surface area contributed by atoms with Crippen LogP contribution < -0.4 is 5.32 Å². The zero-order chi connectivity index (χ0) is 18.5. The predicted molar refractivity (Wildman–Crippen MR) is 101 cm³/mol. The highest BCUT2D eigenvalue weighted by Gasteiger charge is 2.17. The average Bonchev–Trinajstić information content (AvgIpc) is 3.06. The third-order valence-corrected chi connectivity index (χ3v) is 4.18. The van der Waals surface area contributed by atoms with Crippen molar-refractivity contribution in [1.29, 1.82) is 0 Å². The number of carbonyl (C=O) groups excluding carboxylic acids is 1. The van der Waals surface area contributed by atoms with E-state index in [1.54, 1.807) is 0 Å². The molecule has 0 saturated heterocycles. The quantitative estimate of drug-likeness (QED) is 0.714. The van der Waals surface area contributed by atoms with Crippen molar-refractivity contribution in [3.8, 4) is 11.4 Å². The van der Waals surface area contributed by atoms with Gasteiger partial charge in [0.15, 0.2) is 5.82 Å². The van der Waals surface area contributed by atoms with Gasteiger partial charge in [0.25, 0.3) is 5.91 Å². The number of nitrogens with zero attached hydrogens (tertiary/aromatic N) is 3. The monoisotopic (exact) mass is 370 g/mol. The van der Waals surface area contributed by atoms with Gasteiger partial charge in [-0.25, -0.2) is 0 Å². The lowest BCUT2D eigenvalue weighted by Crippen LogP contribution is -2.20. The van der Waals surface area contributed by atoms with Crippen molar-refractivity contribution in [3.63, 3.8) is 0 Å². The Labute approximate surface area is 156 Å². The molecule has 0 saturated carbocycles. The third-order valence-electron chi connectivity index (χ3n) is 3.82. The summed E-state index contributed by atoms with van der Waals surface area (Å²) < 4.78 is 6.17. The number of halogens is 1. The van der Waals surface area contributed by atoms with E-state index in [2.05, 4.69) is 15.4 Å². The highest BCUT2D eigenvalue weighted by atomic mass is 35.5. The van der Waals surface area contributed by atoms with Gasteiger partial charge in [-0.2, -0.15) is 9.67 Å². The Balaban J connectivity index is 1.90. The van der Waals surface area contributed by atoms with Crippen molar-refractivity contribution in [1.82, 2.24) is 14.8 Å². The van der Waals surface area contributed by atoms with E-state index in [-0.39, 0.29) is 12.5 Å². The first-order chi connectivity index (χ1) is 12.6. The van der Waals surface area contributed by atoms with Crippen LogP contribution in [0.15, 0.2) is 48.5 Å². The minimum Gasteiger partial charge on any atom is -0.375 e. The Bertz CT molecular complexity index is 906. The van der Waals surface area contributed by atoms with Gasteiger partial charge in [0.1, 0.15) is 6.61 Å². The highest BCUT2D eigenvalue weighted by Crippen LogP contribution is 2.20. The summed E-state index contributed by atoms with van der Waals surface area (Å²) in [4.78, 5) is 16.8. The van der Waals surface area contributed by atoms with Crippen molar-refractivity contribution >= 4 is 23.5 Å². The SMILES string of the molecule is COCC(=O)n1nc(-c2ccc(C)cc2)nc1NCc1ccccc1Cl. The molecule has 26 heavy (non-hydrogen) atoms. The van der Waals surface area contributed by atoms with E-state index in [1.807, 2.05) is 55.5 Å². The van der Waals surface area contributed by atoms with E-state index in [4.69, 9.17) is 16.3 Å². The maximum Gasteiger partial charge on any atom is 0.276 e. The molecule has 0 radical (unpaired) electrons. The first-order valence-electron chi connectivity index (χ1n) is 8.12. The number of rotatable bonds is 6. The molecule has 0 atom stereocenters. The minimum absolute atomic E-state index is 0.0858. The summed E-state index contributed by atoms with van der Waals surface area (Å²) in [5.41, 5.74) is 2.88. The topological polar surface area (TPSA) is 69.0 Å². The van der Waals surface area contributed by atoms with E-state index < -0.39 is 0 Å². The molecule has 7 heteroatoms. The fourth-order valence-corrected chi connectivity index (χ4v) is 2.63. The second-order valence-corrected chi connectivity index (χ2v) is 6.22. The van der Waals surface area contributed by atoms with Crippen LogP contribution in [-0.2, 0) is 11.3 Å². The minimum atomic E-state index is -0.306. The normalized spacial score (nSPS) is 10.7. The van der Waals surface area contributed by atoms with Crippen molar-refractivity contribution in [2.45, 2.75) is 13.5 Å². The number of aromatic nitrogens is 3. The van der Waals surface area contributed by atoms with Gasteiger partial charge >= 0.3 is 0 Å². The summed E-state index contributed by atoms with van der Waals surface area (Å²) in [6, 6.07) is 15.3. The van der Waals surface area contributed by atoms with Gasteiger partial charge in [-0.3, -0.25) is 4.79 Å². The summed E-state index contributed by atoms with van der Waals surface area (Å²) in [5, 5.41) is 8.13. The van der Waals surface area contributed by atoms with Gasteiger partial charge in [0.2, 0.25) is 5.95 Å². The standard InChI is InChI=1S/C19H19ClN4O2/c1-13-7-9-14(10-8-13)18-22-19(24(23-18)17(25)12-26-2)21-11-15-5-3-4-6-16(15)20/h3-10H,11-12H2,1-2H3,(H,21,22,23). The Morgan fingerprint density at radius 1 is 1.19 bits per heavy atom. The van der Waals surface area contributed by atoms with E-state index in [1.165, 1.54) is 11.8 Å². The van der Waals surface area contributed by atoms with Gasteiger partial charge in [-0.05, 0) is 18.6 Å². The summed E-state index contributed by atoms with van der Waals surface area (Å²) >= 11 is 6.19. The van der Waals surface area contributed by atoms with Crippen molar-refractivity contribution in [2.24, 2.45) is 0 Å². The molecular weight excluding hydrogens is 352 g/mol. The molecule has 1 N–H and O–H groups in total. The Kier molecular flexibility index (Phi) is 5.65. The van der Waals surface area contributed by atoms with Crippen LogP contribution in [0.3, 0.4) is 0 Å². The van der Waals surface area contributed by atoms with Crippen LogP contribution in [0, 0.1) is 6.92 Å². The highest BCUT2D eigenvalue weighted by molar-refractivity contribution is 6.31. The summed E-state index contributed by atoms with van der Waals surface area (Å²) in [6.07, 6.45) is 0.